The molecule has 0 spiro atoms. The minimum Gasteiger partial charge on any atom is -0.504 e. The molecule has 102 valence electrons. The fraction of sp³-hybridized carbons (Fsp3) is 0.538. The molecule has 0 aromatic heterocycles. The van der Waals surface area contributed by atoms with Gasteiger partial charge in [-0.15, -0.1) is 0 Å². The van der Waals surface area contributed by atoms with Gasteiger partial charge in [-0.1, -0.05) is 19.9 Å². The zero-order valence-electron chi connectivity index (χ0n) is 10.7. The van der Waals surface area contributed by atoms with Crippen molar-refractivity contribution in [2.45, 2.75) is 32.9 Å². The summed E-state index contributed by atoms with van der Waals surface area (Å²) < 4.78 is 0. The first-order chi connectivity index (χ1) is 8.47. The van der Waals surface area contributed by atoms with Gasteiger partial charge in [0.15, 0.2) is 11.5 Å². The molecule has 0 heterocycles. The molecule has 0 aliphatic heterocycles. The molecule has 1 atom stereocenters. The van der Waals surface area contributed by atoms with Crippen molar-refractivity contribution >= 4 is 0 Å². The molecule has 18 heavy (non-hydrogen) atoms. The fourth-order valence-corrected chi connectivity index (χ4v) is 1.80. The molecule has 0 radical (unpaired) electrons. The number of rotatable bonds is 6. The van der Waals surface area contributed by atoms with E-state index in [2.05, 4.69) is 5.32 Å². The zero-order chi connectivity index (χ0) is 13.7. The van der Waals surface area contributed by atoms with E-state index in [0.717, 1.165) is 0 Å². The van der Waals surface area contributed by atoms with E-state index in [0.29, 0.717) is 24.4 Å². The number of nitrogens with one attached hydrogen (secondary N) is 1. The molecule has 1 aromatic carbocycles. The van der Waals surface area contributed by atoms with Gasteiger partial charge in [-0.2, -0.15) is 0 Å². The van der Waals surface area contributed by atoms with Crippen molar-refractivity contribution < 1.29 is 20.4 Å². The summed E-state index contributed by atoms with van der Waals surface area (Å²) in [4.78, 5) is 0. The van der Waals surface area contributed by atoms with Gasteiger partial charge in [0.25, 0.3) is 0 Å². The van der Waals surface area contributed by atoms with E-state index in [1.807, 2.05) is 13.8 Å². The maximum atomic E-state index is 9.66. The van der Waals surface area contributed by atoms with Crippen LogP contribution in [0, 0.1) is 5.92 Å². The zero-order valence-corrected chi connectivity index (χ0v) is 10.7. The quantitative estimate of drug-likeness (QED) is 0.494. The van der Waals surface area contributed by atoms with Gasteiger partial charge in [0.05, 0.1) is 0 Å². The summed E-state index contributed by atoms with van der Waals surface area (Å²) in [6.07, 6.45) is 0.627. The van der Waals surface area contributed by atoms with Gasteiger partial charge < -0.3 is 25.7 Å². The predicted octanol–water partition coefficient (Wildman–Crippen LogP) is 1.30. The molecular formula is C13H21NO4. The van der Waals surface area contributed by atoms with E-state index in [4.69, 9.17) is 5.11 Å². The normalized spacial score (nSPS) is 12.9. The topological polar surface area (TPSA) is 93.0 Å². The summed E-state index contributed by atoms with van der Waals surface area (Å²) in [5.74, 6) is -0.802. The summed E-state index contributed by atoms with van der Waals surface area (Å²) in [5.41, 5.74) is 0.508. The first-order valence-electron chi connectivity index (χ1n) is 6.04. The Morgan fingerprint density at radius 1 is 1.11 bits per heavy atom. The summed E-state index contributed by atoms with van der Waals surface area (Å²) in [6.45, 7) is 4.55. The summed E-state index contributed by atoms with van der Waals surface area (Å²) in [7, 11) is 0. The Hall–Kier alpha value is -1.46. The van der Waals surface area contributed by atoms with Crippen molar-refractivity contribution in [2.24, 2.45) is 5.92 Å². The highest BCUT2D eigenvalue weighted by Gasteiger charge is 2.15. The van der Waals surface area contributed by atoms with Crippen molar-refractivity contribution in [2.75, 3.05) is 6.61 Å². The Labute approximate surface area is 107 Å². The second kappa shape index (κ2) is 6.47. The summed E-state index contributed by atoms with van der Waals surface area (Å²) in [5, 5.41) is 40.4. The Morgan fingerprint density at radius 2 is 1.78 bits per heavy atom. The molecule has 0 aliphatic carbocycles. The Kier molecular flexibility index (Phi) is 5.25. The van der Waals surface area contributed by atoms with Crippen LogP contribution in [0.4, 0.5) is 0 Å². The summed E-state index contributed by atoms with van der Waals surface area (Å²) in [6, 6.07) is 3.02. The average Bonchev–Trinajstić information content (AvgIpc) is 2.33. The molecule has 0 amide bonds. The molecule has 5 N–H and O–H groups in total. The molecule has 0 bridgehead atoms. The molecule has 1 unspecified atom stereocenters. The van der Waals surface area contributed by atoms with Gasteiger partial charge in [0, 0.05) is 24.8 Å². The van der Waals surface area contributed by atoms with Gasteiger partial charge in [0.1, 0.15) is 0 Å². The lowest BCUT2D eigenvalue weighted by atomic mass is 10.0. The third-order valence-electron chi connectivity index (χ3n) is 3.01. The number of aliphatic hydroxyl groups is 1. The Morgan fingerprint density at radius 3 is 2.33 bits per heavy atom. The van der Waals surface area contributed by atoms with E-state index >= 15 is 0 Å². The first kappa shape index (κ1) is 14.6. The molecular weight excluding hydrogens is 234 g/mol. The highest BCUT2D eigenvalue weighted by molar-refractivity contribution is 5.52. The number of hydrogen-bond acceptors (Lipinski definition) is 5. The molecule has 0 fully saturated rings. The van der Waals surface area contributed by atoms with Crippen LogP contribution < -0.4 is 5.32 Å². The maximum absolute atomic E-state index is 9.66. The lowest BCUT2D eigenvalue weighted by Gasteiger charge is -2.22. The van der Waals surface area contributed by atoms with E-state index in [9.17, 15) is 15.3 Å². The number of benzene rings is 1. The second-order valence-corrected chi connectivity index (χ2v) is 4.68. The molecule has 0 saturated carbocycles. The van der Waals surface area contributed by atoms with Crippen LogP contribution in [0.25, 0.3) is 0 Å². The van der Waals surface area contributed by atoms with Crippen LogP contribution >= 0.6 is 0 Å². The Bertz CT molecular complexity index is 393. The monoisotopic (exact) mass is 255 g/mol. The van der Waals surface area contributed by atoms with Crippen molar-refractivity contribution in [1.82, 2.24) is 5.32 Å². The van der Waals surface area contributed by atoms with Crippen LogP contribution in [0.1, 0.15) is 25.8 Å². The summed E-state index contributed by atoms with van der Waals surface area (Å²) >= 11 is 0. The molecule has 1 aromatic rings. The van der Waals surface area contributed by atoms with Crippen LogP contribution in [0.5, 0.6) is 17.2 Å². The van der Waals surface area contributed by atoms with Crippen molar-refractivity contribution in [3.8, 4) is 17.2 Å². The first-order valence-corrected chi connectivity index (χ1v) is 6.04. The van der Waals surface area contributed by atoms with E-state index in [-0.39, 0.29) is 24.1 Å². The SMILES string of the molecule is CC(C)C(CCO)NCc1ccc(O)c(O)c1O. The van der Waals surface area contributed by atoms with Crippen LogP contribution in [0.3, 0.4) is 0 Å². The third-order valence-corrected chi connectivity index (χ3v) is 3.01. The van der Waals surface area contributed by atoms with Crippen LogP contribution in [0.15, 0.2) is 12.1 Å². The van der Waals surface area contributed by atoms with E-state index in [1.54, 1.807) is 6.07 Å². The van der Waals surface area contributed by atoms with Crippen molar-refractivity contribution in [3.63, 3.8) is 0 Å². The van der Waals surface area contributed by atoms with Gasteiger partial charge >= 0.3 is 0 Å². The molecule has 0 saturated heterocycles. The van der Waals surface area contributed by atoms with Gasteiger partial charge in [-0.3, -0.25) is 0 Å². The van der Waals surface area contributed by atoms with Crippen molar-refractivity contribution in [3.05, 3.63) is 17.7 Å². The lowest BCUT2D eigenvalue weighted by Crippen LogP contribution is -2.34. The number of phenols is 3. The number of hydrogen-bond donors (Lipinski definition) is 5. The largest absolute Gasteiger partial charge is 0.504 e. The van der Waals surface area contributed by atoms with Crippen LogP contribution in [-0.4, -0.2) is 33.1 Å². The minimum absolute atomic E-state index is 0.0999. The molecule has 5 nitrogen and oxygen atoms in total. The highest BCUT2D eigenvalue weighted by atomic mass is 16.3. The molecule has 0 aliphatic rings. The van der Waals surface area contributed by atoms with Crippen LogP contribution in [0.2, 0.25) is 0 Å². The van der Waals surface area contributed by atoms with Gasteiger partial charge in [0.2, 0.25) is 5.75 Å². The maximum Gasteiger partial charge on any atom is 0.200 e. The van der Waals surface area contributed by atoms with E-state index in [1.165, 1.54) is 6.07 Å². The average molecular weight is 255 g/mol. The lowest BCUT2D eigenvalue weighted by molar-refractivity contribution is 0.243. The third kappa shape index (κ3) is 3.51. The fourth-order valence-electron chi connectivity index (χ4n) is 1.80. The molecule has 1 rings (SSSR count). The molecule has 5 heteroatoms. The standard InChI is InChI=1S/C13H21NO4/c1-8(2)10(5-6-15)14-7-9-3-4-11(16)13(18)12(9)17/h3-4,8,10,14-18H,5-7H2,1-2H3. The van der Waals surface area contributed by atoms with Crippen molar-refractivity contribution in [1.29, 1.82) is 0 Å². The van der Waals surface area contributed by atoms with Crippen LogP contribution in [-0.2, 0) is 6.54 Å². The predicted molar refractivity (Wildman–Crippen MR) is 68.6 cm³/mol. The van der Waals surface area contributed by atoms with E-state index < -0.39 is 5.75 Å². The number of aromatic hydroxyl groups is 3. The number of aliphatic hydroxyl groups excluding tert-OH is 1. The number of phenolic OH excluding ortho intramolecular Hbond substituents is 3. The highest BCUT2D eigenvalue weighted by Crippen LogP contribution is 2.36. The smallest absolute Gasteiger partial charge is 0.200 e. The van der Waals surface area contributed by atoms with Gasteiger partial charge in [-0.25, -0.2) is 0 Å². The Balaban J connectivity index is 2.70. The van der Waals surface area contributed by atoms with Gasteiger partial charge in [-0.05, 0) is 18.4 Å². The minimum atomic E-state index is -0.502. The second-order valence-electron chi connectivity index (χ2n) is 4.68.